The summed E-state index contributed by atoms with van der Waals surface area (Å²) in [5.41, 5.74) is 2.22. The number of hydrogen-bond donors (Lipinski definition) is 2. The zero-order valence-corrected chi connectivity index (χ0v) is 16.5. The number of nitrogens with one attached hydrogen (secondary N) is 2. The van der Waals surface area contributed by atoms with Crippen molar-refractivity contribution in [2.45, 2.75) is 25.4 Å². The maximum absolute atomic E-state index is 11.7. The molecule has 1 aromatic heterocycles. The van der Waals surface area contributed by atoms with Crippen molar-refractivity contribution in [2.24, 2.45) is 5.92 Å². The first-order valence-corrected chi connectivity index (χ1v) is 9.75. The fourth-order valence-electron chi connectivity index (χ4n) is 4.70. The van der Waals surface area contributed by atoms with Crippen molar-refractivity contribution in [3.63, 3.8) is 0 Å². The maximum atomic E-state index is 11.7. The van der Waals surface area contributed by atoms with Crippen LogP contribution in [0.25, 0.3) is 10.9 Å². The van der Waals surface area contributed by atoms with Gasteiger partial charge in [-0.2, -0.15) is 0 Å². The monoisotopic (exact) mass is 367 g/mol. The first-order valence-electron chi connectivity index (χ1n) is 9.75. The highest BCUT2D eigenvalue weighted by molar-refractivity contribution is 5.81. The lowest BCUT2D eigenvalue weighted by atomic mass is 9.80. The topological polar surface area (TPSA) is 60.5 Å². The van der Waals surface area contributed by atoms with Crippen LogP contribution in [0.5, 0.6) is 0 Å². The largest absolute Gasteiger partial charge is 0.362 e. The lowest BCUT2D eigenvalue weighted by Gasteiger charge is -2.44. The Kier molecular flexibility index (Phi) is 4.78. The molecule has 6 heteroatoms. The number of aromatic nitrogens is 1. The van der Waals surface area contributed by atoms with E-state index in [4.69, 9.17) is 4.98 Å². The highest BCUT2D eigenvalue weighted by atomic mass is 16.1. The molecule has 2 aliphatic rings. The van der Waals surface area contributed by atoms with Crippen molar-refractivity contribution >= 4 is 22.6 Å². The standard InChI is InChI=1S/C21H29N5O/c1-15(27)24-21-8-9-26(13-18(21)11-22-14-21)12-17-10-16-6-4-5-7-19(16)23-20(17)25(2)3/h4-7,10,18,22H,8-9,11-14H2,1-3H3,(H,24,27)/t18-,21+/m0/s1. The van der Waals surface area contributed by atoms with Crippen LogP contribution in [0.2, 0.25) is 0 Å². The van der Waals surface area contributed by atoms with Crippen molar-refractivity contribution in [1.82, 2.24) is 20.5 Å². The number of hydrogen-bond acceptors (Lipinski definition) is 5. The van der Waals surface area contributed by atoms with E-state index < -0.39 is 0 Å². The van der Waals surface area contributed by atoms with Gasteiger partial charge in [-0.1, -0.05) is 18.2 Å². The molecule has 1 aromatic carbocycles. The molecule has 0 unspecified atom stereocenters. The van der Waals surface area contributed by atoms with E-state index >= 15 is 0 Å². The van der Waals surface area contributed by atoms with Gasteiger partial charge in [0, 0.05) is 70.6 Å². The number of carbonyl (C=O) groups excluding carboxylic acids is 1. The summed E-state index contributed by atoms with van der Waals surface area (Å²) in [7, 11) is 4.11. The molecule has 0 aliphatic carbocycles. The molecular weight excluding hydrogens is 338 g/mol. The van der Waals surface area contributed by atoms with E-state index in [1.165, 1.54) is 10.9 Å². The van der Waals surface area contributed by atoms with Gasteiger partial charge in [0.2, 0.25) is 5.91 Å². The summed E-state index contributed by atoms with van der Waals surface area (Å²) in [5, 5.41) is 7.92. The Morgan fingerprint density at radius 1 is 1.41 bits per heavy atom. The Morgan fingerprint density at radius 2 is 2.22 bits per heavy atom. The molecule has 0 radical (unpaired) electrons. The number of benzene rings is 1. The van der Waals surface area contributed by atoms with Crippen LogP contribution in [0.1, 0.15) is 18.9 Å². The van der Waals surface area contributed by atoms with Gasteiger partial charge in [-0.05, 0) is 18.6 Å². The number of likely N-dealkylation sites (tertiary alicyclic amines) is 1. The van der Waals surface area contributed by atoms with E-state index in [1.54, 1.807) is 6.92 Å². The fraction of sp³-hybridized carbons (Fsp3) is 0.524. The molecule has 2 N–H and O–H groups in total. The first kappa shape index (κ1) is 18.2. The summed E-state index contributed by atoms with van der Waals surface area (Å²) in [6.45, 7) is 6.34. The molecule has 1 amide bonds. The third-order valence-corrected chi connectivity index (χ3v) is 5.99. The smallest absolute Gasteiger partial charge is 0.217 e. The number of para-hydroxylation sites is 1. The predicted molar refractivity (Wildman–Crippen MR) is 109 cm³/mol. The molecule has 4 rings (SSSR count). The van der Waals surface area contributed by atoms with E-state index in [9.17, 15) is 4.79 Å². The second kappa shape index (κ2) is 7.09. The average molecular weight is 367 g/mol. The van der Waals surface area contributed by atoms with E-state index in [1.807, 2.05) is 6.07 Å². The van der Waals surface area contributed by atoms with Gasteiger partial charge in [0.05, 0.1) is 11.1 Å². The number of pyridine rings is 1. The highest BCUT2D eigenvalue weighted by Crippen LogP contribution is 2.33. The number of amides is 1. The van der Waals surface area contributed by atoms with Crippen molar-refractivity contribution in [3.05, 3.63) is 35.9 Å². The molecule has 27 heavy (non-hydrogen) atoms. The molecule has 3 heterocycles. The number of fused-ring (bicyclic) bond motifs is 2. The van der Waals surface area contributed by atoms with Crippen LogP contribution >= 0.6 is 0 Å². The summed E-state index contributed by atoms with van der Waals surface area (Å²) in [4.78, 5) is 21.2. The first-order chi connectivity index (χ1) is 13.0. The zero-order valence-electron chi connectivity index (χ0n) is 16.5. The molecule has 2 atom stereocenters. The predicted octanol–water partition coefficient (Wildman–Crippen LogP) is 1.60. The van der Waals surface area contributed by atoms with E-state index in [2.05, 4.69) is 58.8 Å². The van der Waals surface area contributed by atoms with E-state index in [0.717, 1.165) is 50.5 Å². The highest BCUT2D eigenvalue weighted by Gasteiger charge is 2.46. The second-order valence-corrected chi connectivity index (χ2v) is 8.21. The lowest BCUT2D eigenvalue weighted by Crippen LogP contribution is -2.60. The Bertz CT molecular complexity index is 852. The number of anilines is 1. The van der Waals surface area contributed by atoms with Crippen LogP contribution in [0.3, 0.4) is 0 Å². The maximum Gasteiger partial charge on any atom is 0.217 e. The fourth-order valence-corrected chi connectivity index (χ4v) is 4.70. The van der Waals surface area contributed by atoms with Crippen molar-refractivity contribution in [1.29, 1.82) is 0 Å². The van der Waals surface area contributed by atoms with Crippen molar-refractivity contribution in [2.75, 3.05) is 45.2 Å². The minimum absolute atomic E-state index is 0.0748. The average Bonchev–Trinajstić information content (AvgIpc) is 3.03. The molecular formula is C21H29N5O. The quantitative estimate of drug-likeness (QED) is 0.860. The normalized spacial score (nSPS) is 25.4. The second-order valence-electron chi connectivity index (χ2n) is 8.21. The summed E-state index contributed by atoms with van der Waals surface area (Å²) >= 11 is 0. The molecule has 0 saturated carbocycles. The van der Waals surface area contributed by atoms with Crippen LogP contribution in [0.15, 0.2) is 30.3 Å². The van der Waals surface area contributed by atoms with Gasteiger partial charge in [-0.15, -0.1) is 0 Å². The summed E-state index contributed by atoms with van der Waals surface area (Å²) < 4.78 is 0. The van der Waals surface area contributed by atoms with Gasteiger partial charge in [0.15, 0.2) is 0 Å². The van der Waals surface area contributed by atoms with Crippen LogP contribution < -0.4 is 15.5 Å². The molecule has 2 fully saturated rings. The minimum atomic E-state index is -0.0751. The molecule has 2 saturated heterocycles. The van der Waals surface area contributed by atoms with E-state index in [-0.39, 0.29) is 11.4 Å². The van der Waals surface area contributed by atoms with Gasteiger partial charge in [-0.25, -0.2) is 4.98 Å². The van der Waals surface area contributed by atoms with Gasteiger partial charge in [0.25, 0.3) is 0 Å². The lowest BCUT2D eigenvalue weighted by molar-refractivity contribution is -0.121. The summed E-state index contributed by atoms with van der Waals surface area (Å²) in [6.07, 6.45) is 0.989. The Morgan fingerprint density at radius 3 is 3.00 bits per heavy atom. The molecule has 2 aromatic rings. The van der Waals surface area contributed by atoms with Crippen LogP contribution in [-0.2, 0) is 11.3 Å². The Labute approximate surface area is 160 Å². The third kappa shape index (κ3) is 3.51. The molecule has 0 bridgehead atoms. The number of nitrogens with zero attached hydrogens (tertiary/aromatic N) is 3. The molecule has 0 spiro atoms. The van der Waals surface area contributed by atoms with Crippen molar-refractivity contribution < 1.29 is 4.79 Å². The van der Waals surface area contributed by atoms with Gasteiger partial charge < -0.3 is 15.5 Å². The molecule has 2 aliphatic heterocycles. The van der Waals surface area contributed by atoms with Crippen LogP contribution in [0, 0.1) is 5.92 Å². The van der Waals surface area contributed by atoms with Gasteiger partial charge in [0.1, 0.15) is 5.82 Å². The van der Waals surface area contributed by atoms with E-state index in [0.29, 0.717) is 5.92 Å². The van der Waals surface area contributed by atoms with Crippen molar-refractivity contribution in [3.8, 4) is 0 Å². The van der Waals surface area contributed by atoms with Crippen LogP contribution in [0.4, 0.5) is 5.82 Å². The van der Waals surface area contributed by atoms with Crippen LogP contribution in [-0.4, -0.2) is 61.6 Å². The minimum Gasteiger partial charge on any atom is -0.362 e. The van der Waals surface area contributed by atoms with Gasteiger partial charge >= 0.3 is 0 Å². The summed E-state index contributed by atoms with van der Waals surface area (Å²) in [6, 6.07) is 10.6. The van der Waals surface area contributed by atoms with Gasteiger partial charge in [-0.3, -0.25) is 9.69 Å². The number of piperidine rings is 1. The molecule has 144 valence electrons. The Balaban J connectivity index is 1.56. The Hall–Kier alpha value is -2.18. The third-order valence-electron chi connectivity index (χ3n) is 5.99. The zero-order chi connectivity index (χ0) is 19.0. The number of carbonyl (C=O) groups is 1. The molecule has 6 nitrogen and oxygen atoms in total. The summed E-state index contributed by atoms with van der Waals surface area (Å²) in [5.74, 6) is 1.56. The number of rotatable bonds is 4. The SMILES string of the molecule is CC(=O)N[C@@]12CCN(Cc3cc4ccccc4nc3N(C)C)C[C@@H]1CNC2.